The number of nitrogens with zero attached hydrogens (tertiary/aromatic N) is 2. The lowest BCUT2D eigenvalue weighted by molar-refractivity contribution is 1.36. The molecule has 4 aromatic carbocycles. The molecule has 6 aromatic rings. The molecular formula is C28H20N2. The fourth-order valence-electron chi connectivity index (χ4n) is 4.50. The van der Waals surface area contributed by atoms with E-state index in [2.05, 4.69) is 98.8 Å². The van der Waals surface area contributed by atoms with E-state index < -0.39 is 0 Å². The van der Waals surface area contributed by atoms with Crippen LogP contribution in [0.2, 0.25) is 0 Å². The molecule has 0 aliphatic carbocycles. The molecule has 0 fully saturated rings. The predicted octanol–water partition coefficient (Wildman–Crippen LogP) is 7.37. The first-order valence-electron chi connectivity index (χ1n) is 10.3. The molecule has 2 nitrogen and oxygen atoms in total. The van der Waals surface area contributed by atoms with E-state index in [1.807, 2.05) is 0 Å². The zero-order valence-corrected chi connectivity index (χ0v) is 17.0. The largest absolute Gasteiger partial charge is 0.228 e. The van der Waals surface area contributed by atoms with Crippen LogP contribution < -0.4 is 0 Å². The molecule has 0 bridgehead atoms. The van der Waals surface area contributed by atoms with E-state index in [1.165, 1.54) is 38.4 Å². The maximum absolute atomic E-state index is 4.95. The molecule has 0 aliphatic rings. The molecule has 0 N–H and O–H groups in total. The van der Waals surface area contributed by atoms with E-state index in [1.54, 1.807) is 0 Å². The molecule has 30 heavy (non-hydrogen) atoms. The maximum atomic E-state index is 4.95. The molecule has 2 aromatic heterocycles. The van der Waals surface area contributed by atoms with Gasteiger partial charge in [0.1, 0.15) is 0 Å². The van der Waals surface area contributed by atoms with Crippen LogP contribution in [0.1, 0.15) is 11.1 Å². The molecule has 0 radical (unpaired) electrons. The number of aromatic nitrogens is 2. The third-order valence-corrected chi connectivity index (χ3v) is 5.93. The monoisotopic (exact) mass is 384 g/mol. The summed E-state index contributed by atoms with van der Waals surface area (Å²) in [6.45, 7) is 4.26. The van der Waals surface area contributed by atoms with Crippen LogP contribution in [0.4, 0.5) is 0 Å². The highest BCUT2D eigenvalue weighted by molar-refractivity contribution is 6.15. The minimum atomic E-state index is 0.797. The third-order valence-electron chi connectivity index (χ3n) is 5.93. The average molecular weight is 384 g/mol. The molecule has 0 saturated carbocycles. The van der Waals surface area contributed by atoms with Crippen LogP contribution in [0.5, 0.6) is 0 Å². The number of hydrogen-bond acceptors (Lipinski definition) is 2. The van der Waals surface area contributed by atoms with Crippen LogP contribution in [0.15, 0.2) is 84.9 Å². The van der Waals surface area contributed by atoms with Crippen molar-refractivity contribution in [1.82, 2.24) is 9.97 Å². The summed E-state index contributed by atoms with van der Waals surface area (Å²) in [5.74, 6) is 0. The summed E-state index contributed by atoms with van der Waals surface area (Å²) in [6, 6.07) is 30.3. The van der Waals surface area contributed by atoms with Gasteiger partial charge in [-0.3, -0.25) is 0 Å². The van der Waals surface area contributed by atoms with Gasteiger partial charge in [0.2, 0.25) is 0 Å². The van der Waals surface area contributed by atoms with Crippen molar-refractivity contribution >= 4 is 43.6 Å². The van der Waals surface area contributed by atoms with Gasteiger partial charge in [0.05, 0.1) is 11.0 Å². The Kier molecular flexibility index (Phi) is 3.63. The second kappa shape index (κ2) is 6.36. The van der Waals surface area contributed by atoms with Crippen LogP contribution in [-0.4, -0.2) is 9.97 Å². The van der Waals surface area contributed by atoms with Gasteiger partial charge in [0, 0.05) is 21.7 Å². The van der Waals surface area contributed by atoms with Gasteiger partial charge in [0.25, 0.3) is 0 Å². The highest BCUT2D eigenvalue weighted by atomic mass is 14.8. The first-order valence-corrected chi connectivity index (χ1v) is 10.3. The van der Waals surface area contributed by atoms with Crippen LogP contribution in [0.3, 0.4) is 0 Å². The summed E-state index contributed by atoms with van der Waals surface area (Å²) in [6.07, 6.45) is 0. The van der Waals surface area contributed by atoms with Crippen LogP contribution in [-0.2, 0) is 0 Å². The lowest BCUT2D eigenvalue weighted by Crippen LogP contribution is -1.94. The molecule has 2 heteroatoms. The van der Waals surface area contributed by atoms with Crippen LogP contribution in [0.25, 0.3) is 54.7 Å². The lowest BCUT2D eigenvalue weighted by atomic mass is 9.92. The Bertz CT molecular complexity index is 1600. The highest BCUT2D eigenvalue weighted by Gasteiger charge is 2.15. The van der Waals surface area contributed by atoms with Gasteiger partial charge in [-0.1, -0.05) is 65.7 Å². The van der Waals surface area contributed by atoms with Crippen LogP contribution in [0, 0.1) is 13.8 Å². The summed E-state index contributed by atoms with van der Waals surface area (Å²) in [7, 11) is 0. The minimum Gasteiger partial charge on any atom is -0.228 e. The summed E-state index contributed by atoms with van der Waals surface area (Å²) in [4.78, 5) is 9.89. The van der Waals surface area contributed by atoms with Crippen molar-refractivity contribution in [3.8, 4) is 11.1 Å². The second-order valence-electron chi connectivity index (χ2n) is 8.09. The molecule has 0 atom stereocenters. The zero-order chi connectivity index (χ0) is 20.2. The van der Waals surface area contributed by atoms with E-state index in [0.29, 0.717) is 0 Å². The molecule has 142 valence electrons. The number of hydrogen-bond donors (Lipinski definition) is 0. The maximum Gasteiger partial charge on any atom is 0.161 e. The Morgan fingerprint density at radius 1 is 0.533 bits per heavy atom. The lowest BCUT2D eigenvalue weighted by Gasteiger charge is -2.14. The van der Waals surface area contributed by atoms with Crippen molar-refractivity contribution in [3.63, 3.8) is 0 Å². The number of rotatable bonds is 1. The Labute approximate surface area is 174 Å². The summed E-state index contributed by atoms with van der Waals surface area (Å²) < 4.78 is 0. The fourth-order valence-corrected chi connectivity index (χ4v) is 4.50. The number of aryl methyl sites for hydroxylation is 2. The molecule has 0 saturated heterocycles. The van der Waals surface area contributed by atoms with Gasteiger partial charge in [-0.25, -0.2) is 9.97 Å². The second-order valence-corrected chi connectivity index (χ2v) is 8.09. The first-order chi connectivity index (χ1) is 14.7. The quantitative estimate of drug-likeness (QED) is 0.277. The Hall–Kier alpha value is -3.78. The number of pyridine rings is 2. The van der Waals surface area contributed by atoms with Crippen molar-refractivity contribution < 1.29 is 0 Å². The number of benzene rings is 4. The van der Waals surface area contributed by atoms with Crippen molar-refractivity contribution in [2.75, 3.05) is 0 Å². The normalized spacial score (nSPS) is 11.7. The average Bonchev–Trinajstić information content (AvgIpc) is 2.76. The molecule has 0 unspecified atom stereocenters. The van der Waals surface area contributed by atoms with E-state index in [0.717, 1.165) is 27.5 Å². The van der Waals surface area contributed by atoms with Crippen molar-refractivity contribution in [3.05, 3.63) is 96.1 Å². The molecular weight excluding hydrogens is 364 g/mol. The Balaban J connectivity index is 1.86. The Morgan fingerprint density at radius 2 is 1.27 bits per heavy atom. The predicted molar refractivity (Wildman–Crippen MR) is 127 cm³/mol. The van der Waals surface area contributed by atoms with Gasteiger partial charge in [-0.2, -0.15) is 0 Å². The SMILES string of the molecule is Cc1ccc2nc3nc4ccc(C)cc4c(-c4cccc5ccccc45)c3cc2c1. The molecule has 0 aliphatic heterocycles. The zero-order valence-electron chi connectivity index (χ0n) is 17.0. The van der Waals surface area contributed by atoms with Crippen molar-refractivity contribution in [1.29, 1.82) is 0 Å². The minimum absolute atomic E-state index is 0.797. The van der Waals surface area contributed by atoms with E-state index in [-0.39, 0.29) is 0 Å². The molecule has 0 spiro atoms. The Morgan fingerprint density at radius 3 is 2.17 bits per heavy atom. The molecule has 2 heterocycles. The van der Waals surface area contributed by atoms with Gasteiger partial charge >= 0.3 is 0 Å². The van der Waals surface area contributed by atoms with Crippen molar-refractivity contribution in [2.45, 2.75) is 13.8 Å². The molecule has 6 rings (SSSR count). The van der Waals surface area contributed by atoms with Gasteiger partial charge in [0.15, 0.2) is 5.65 Å². The summed E-state index contributed by atoms with van der Waals surface area (Å²) >= 11 is 0. The fraction of sp³-hybridized carbons (Fsp3) is 0.0714. The summed E-state index contributed by atoms with van der Waals surface area (Å²) in [5, 5.41) is 5.91. The highest BCUT2D eigenvalue weighted by Crippen LogP contribution is 2.39. The summed E-state index contributed by atoms with van der Waals surface area (Å²) in [5.41, 5.74) is 7.67. The van der Waals surface area contributed by atoms with E-state index in [4.69, 9.17) is 9.97 Å². The van der Waals surface area contributed by atoms with Gasteiger partial charge < -0.3 is 0 Å². The first kappa shape index (κ1) is 17.1. The van der Waals surface area contributed by atoms with Gasteiger partial charge in [-0.15, -0.1) is 0 Å². The standard InChI is InChI=1S/C28H20N2/c1-17-10-12-25-20(14-17)16-24-27(22-9-5-7-19-6-3-4-8-21(19)22)23-15-18(2)11-13-26(23)30-28(24)29-25/h3-16H,1-2H3. The topological polar surface area (TPSA) is 25.8 Å². The number of fused-ring (bicyclic) bond motifs is 4. The third kappa shape index (κ3) is 2.57. The van der Waals surface area contributed by atoms with E-state index in [9.17, 15) is 0 Å². The van der Waals surface area contributed by atoms with Crippen molar-refractivity contribution in [2.24, 2.45) is 0 Å². The van der Waals surface area contributed by atoms with Gasteiger partial charge in [-0.05, 0) is 60.5 Å². The van der Waals surface area contributed by atoms with E-state index >= 15 is 0 Å². The smallest absolute Gasteiger partial charge is 0.161 e. The van der Waals surface area contributed by atoms with Crippen LogP contribution >= 0.6 is 0 Å². The molecule has 0 amide bonds.